The molecule has 0 amide bonds. The van der Waals surface area contributed by atoms with Crippen LogP contribution in [0.4, 0.5) is 0 Å². The Morgan fingerprint density at radius 1 is 0.110 bits per heavy atom. The van der Waals surface area contributed by atoms with Gasteiger partial charge in [0.15, 0.2) is 0 Å². The van der Waals surface area contributed by atoms with Gasteiger partial charge in [0.25, 0.3) is 0 Å². The smallest absolute Gasteiger partial charge is 2.00 e. The van der Waals surface area contributed by atoms with Crippen molar-refractivity contribution in [2.45, 2.75) is 0 Å². The van der Waals surface area contributed by atoms with Gasteiger partial charge in [0, 0.05) is 0 Å². The predicted molar refractivity (Wildman–Crippen MR) is 118 cm³/mol. The number of hydrogen-bond donors (Lipinski definition) is 6. The Hall–Kier alpha value is 10.4. The van der Waals surface area contributed by atoms with Crippen LogP contribution in [0.1, 0.15) is 0 Å². The summed E-state index contributed by atoms with van der Waals surface area (Å²) in [6.45, 7) is 0. The Kier molecular flexibility index (Phi) is 41100. The van der Waals surface area contributed by atoms with Crippen molar-refractivity contribution in [3.63, 3.8) is 0 Å². The second kappa shape index (κ2) is 1480. The predicted octanol–water partition coefficient (Wildman–Crippen LogP) is -21.0. The molecule has 0 unspecified atom stereocenters. The molecule has 0 aromatic heterocycles. The van der Waals surface area contributed by atoms with Crippen LogP contribution >= 0.6 is 15.6 Å². The van der Waals surface area contributed by atoms with Gasteiger partial charge >= 0.3 is 395 Å². The van der Waals surface area contributed by atoms with Gasteiger partial charge < -0.3 is 325 Å². The molecule has 0 bridgehead atoms. The van der Waals surface area contributed by atoms with E-state index >= 15 is 0 Å². The molecular weight excluding hydrogens is 2780 g/mol. The fourth-order valence-corrected chi connectivity index (χ4v) is 0. The zero-order chi connectivity index (χ0) is 9.00. The standard InChI is InChI=1S/18Mo.2H3O4P.18H2O.36O/c;;;;;;;;;;;;;;;;;;2*1-5(2,3)4;;;;;;;;;;;;;;;;;;;;;;;;;;;;;;;;;;;;;;;;;;;;;;;;;;;;;;/h;;;;;;;;;;;;;;;;;;2*(H3,1,2,3,4);18*1H2;;;;;;;;;;;;;;;;;;;;;;;;;;;;;;;;;;;;/q18*+4;;;;;;;;;;;;;;;;;;;;;36*-2. The Morgan fingerprint density at radius 3 is 0.110 bits per heavy atom. The van der Waals surface area contributed by atoms with Crippen molar-refractivity contribution in [3.8, 4) is 0 Å². The first-order valence-electron chi connectivity index (χ1n) is 1.57. The van der Waals surface area contributed by atoms with Gasteiger partial charge in [-0.2, -0.15) is 0 Å². The topological polar surface area (TPSA) is 1750 Å². The van der Waals surface area contributed by atoms with Crippen LogP contribution in [0.3, 0.4) is 0 Å². The summed E-state index contributed by atoms with van der Waals surface area (Å²) >= 11 is 0. The summed E-state index contributed by atoms with van der Waals surface area (Å²) in [5.41, 5.74) is 0. The maximum absolute atomic E-state index is 8.88. The van der Waals surface area contributed by atoms with Crippen LogP contribution < -0.4 is 0 Å². The first-order valence-corrected chi connectivity index (χ1v) is 4.70. The van der Waals surface area contributed by atoms with Crippen molar-refractivity contribution in [2.24, 2.45) is 0 Å². The van der Waals surface area contributed by atoms with Crippen LogP contribution in [0, 0.1) is 0 Å². The van der Waals surface area contributed by atoms with Crippen molar-refractivity contribution in [1.29, 1.82) is 0 Å². The zero-order valence-electron chi connectivity index (χ0n) is 35.4. The molecule has 0 aliphatic heterocycles. The minimum Gasteiger partial charge on any atom is -2.00 e. The Balaban J connectivity index is -0.000000000115. The SMILES string of the molecule is O.O.O.O.O.O.O.O.O.O.O.O.O.O.O.O.O.O.O=P(O)(O)O.O=P(O)(O)O.[Mo+4].[Mo+4].[Mo+4].[Mo+4].[Mo+4].[Mo+4].[Mo+4].[Mo+4].[Mo+4].[Mo+4].[Mo+4].[Mo+4].[Mo+4].[Mo+4].[Mo+4].[Mo+4].[Mo+4].[Mo+4].[O-2].[O-2].[O-2].[O-2].[O-2].[O-2].[O-2].[O-2].[O-2].[O-2].[O-2].[O-2].[O-2].[O-2].[O-2].[O-2].[O-2].[O-2].[O-2].[O-2].[O-2].[O-2].[O-2].[O-2].[O-2].[O-2].[O-2].[O-2].[O-2].[O-2].[O-2].[O-2].[O-2].[O-2].[O-2].[O-2]. The molecule has 42 N–H and O–H groups in total. The van der Waals surface area contributed by atoms with Crippen LogP contribution in [-0.2, 0) is 585 Å². The van der Waals surface area contributed by atoms with Crippen LogP contribution in [0.5, 0.6) is 0 Å². The summed E-state index contributed by atoms with van der Waals surface area (Å²) in [6, 6.07) is 0. The van der Waals surface area contributed by atoms with Gasteiger partial charge in [-0.1, -0.05) is 0 Å². The van der Waals surface area contributed by atoms with Gasteiger partial charge in [0.05, 0.1) is 0 Å². The third-order valence-electron chi connectivity index (χ3n) is 0. The van der Waals surface area contributed by atoms with Crippen molar-refractivity contribution in [2.75, 3.05) is 0 Å². The van der Waals surface area contributed by atoms with Crippen LogP contribution in [-0.4, -0.2) is 128 Å². The van der Waals surface area contributed by atoms with E-state index in [1.807, 2.05) is 0 Å². The molecule has 0 aliphatic carbocycles. The van der Waals surface area contributed by atoms with E-state index in [2.05, 4.69) is 0 Å². The minimum absolute atomic E-state index is 0. The normalized spacial score (nSPS) is 1.44. The maximum Gasteiger partial charge on any atom is 4.00 e. The molecule has 82 heteroatoms. The molecule has 0 saturated carbocycles. The molecule has 0 aromatic rings. The van der Waals surface area contributed by atoms with Crippen LogP contribution in [0.2, 0.25) is 0 Å². The number of rotatable bonds is 0. The number of hydrogen-bond acceptors (Lipinski definition) is 2. The molecule has 0 radical (unpaired) electrons. The van der Waals surface area contributed by atoms with Crippen molar-refractivity contribution >= 4 is 15.6 Å². The van der Waals surface area contributed by atoms with Gasteiger partial charge in [-0.05, 0) is 0 Å². The maximum atomic E-state index is 8.88. The molecule has 0 atom stereocenters. The summed E-state index contributed by atoms with van der Waals surface area (Å²) in [5.74, 6) is 0. The molecule has 0 saturated heterocycles. The molecule has 0 heterocycles. The molecule has 0 rings (SSSR count). The van der Waals surface area contributed by atoms with E-state index in [1.165, 1.54) is 0 Å². The van der Waals surface area contributed by atoms with Gasteiger partial charge in [-0.25, -0.2) is 9.13 Å². The summed E-state index contributed by atoms with van der Waals surface area (Å²) in [6.07, 6.45) is 0. The van der Waals surface area contributed by atoms with Crippen LogP contribution in [0.15, 0.2) is 0 Å². The average molecular weight is 2820 g/mol. The summed E-state index contributed by atoms with van der Waals surface area (Å²) < 4.78 is 17.8. The molecule has 532 valence electrons. The van der Waals surface area contributed by atoms with E-state index in [-0.39, 0.29) is 675 Å². The average Bonchev–Trinajstić information content (AvgIpc) is 1.12. The van der Waals surface area contributed by atoms with E-state index in [1.54, 1.807) is 0 Å². The molecule has 0 fully saturated rings. The molecular formula is H42Mo18O62P2. The Morgan fingerprint density at radius 2 is 0.110 bits per heavy atom. The zero-order valence-corrected chi connectivity index (χ0v) is 73.4. The fourth-order valence-electron chi connectivity index (χ4n) is 0. The Bertz CT molecular complexity index is 187. The van der Waals surface area contributed by atoms with E-state index in [0.717, 1.165) is 0 Å². The molecule has 0 aromatic carbocycles. The Labute approximate surface area is 718 Å². The van der Waals surface area contributed by atoms with Crippen LogP contribution in [0.25, 0.3) is 0 Å². The molecule has 0 aliphatic rings. The molecule has 82 heavy (non-hydrogen) atoms. The third-order valence-corrected chi connectivity index (χ3v) is 0. The number of phosphoric acid groups is 2. The van der Waals surface area contributed by atoms with Crippen molar-refractivity contribution in [1.82, 2.24) is 0 Å². The largest absolute Gasteiger partial charge is 4.00 e. The quantitative estimate of drug-likeness (QED) is 0.0997. The first-order chi connectivity index (χ1) is 4.00. The molecule has 62 nitrogen and oxygen atoms in total. The van der Waals surface area contributed by atoms with E-state index in [9.17, 15) is 0 Å². The van der Waals surface area contributed by atoms with Crippen molar-refractivity contribution in [3.05, 3.63) is 0 Å². The second-order valence-corrected chi connectivity index (χ2v) is 3.08. The van der Waals surface area contributed by atoms with Gasteiger partial charge in [-0.3, -0.25) is 0 Å². The first kappa shape index (κ1) is 2270. The summed E-state index contributed by atoms with van der Waals surface area (Å²) in [7, 11) is -9.28. The van der Waals surface area contributed by atoms with Gasteiger partial charge in [0.2, 0.25) is 0 Å². The second-order valence-electron chi connectivity index (χ2n) is 1.03. The summed E-state index contributed by atoms with van der Waals surface area (Å²) in [5, 5.41) is 0. The van der Waals surface area contributed by atoms with E-state index < -0.39 is 15.6 Å². The minimum atomic E-state index is -4.64. The monoisotopic (exact) mass is 2860 g/mol. The van der Waals surface area contributed by atoms with Gasteiger partial charge in [0.1, 0.15) is 0 Å². The van der Waals surface area contributed by atoms with Crippen molar-refractivity contribution < 1.29 is 713 Å². The van der Waals surface area contributed by atoms with E-state index in [4.69, 9.17) is 38.5 Å². The summed E-state index contributed by atoms with van der Waals surface area (Å²) in [4.78, 5) is 43.1. The third kappa shape index (κ3) is 6630. The molecule has 0 spiro atoms. The van der Waals surface area contributed by atoms with E-state index in [0.29, 0.717) is 0 Å². The van der Waals surface area contributed by atoms with Gasteiger partial charge in [-0.15, -0.1) is 0 Å². The fraction of sp³-hybridized carbons (Fsp3) is 0.